The molecule has 0 heterocycles. The van der Waals surface area contributed by atoms with Gasteiger partial charge in [0.1, 0.15) is 0 Å². The maximum Gasteiger partial charge on any atom is 0.0830 e. The van der Waals surface area contributed by atoms with Gasteiger partial charge < -0.3 is 10.8 Å². The summed E-state index contributed by atoms with van der Waals surface area (Å²) in [6, 6.07) is 12.9. The van der Waals surface area contributed by atoms with Crippen molar-refractivity contribution in [1.29, 1.82) is 0 Å². The van der Waals surface area contributed by atoms with Crippen LogP contribution < -0.4 is 5.73 Å². The van der Waals surface area contributed by atoms with E-state index in [2.05, 4.69) is 15.9 Å². The number of rotatable bonds is 3. The van der Waals surface area contributed by atoms with Crippen LogP contribution in [0.4, 0.5) is 5.69 Å². The molecule has 0 aliphatic heterocycles. The summed E-state index contributed by atoms with van der Waals surface area (Å²) in [5.74, 6) is 0. The van der Waals surface area contributed by atoms with E-state index in [1.54, 1.807) is 12.1 Å². The minimum Gasteiger partial charge on any atom is -0.399 e. The number of anilines is 1. The third kappa shape index (κ3) is 3.25. The Labute approximate surface area is 120 Å². The largest absolute Gasteiger partial charge is 0.399 e. The lowest BCUT2D eigenvalue weighted by Gasteiger charge is -2.12. The van der Waals surface area contributed by atoms with Crippen molar-refractivity contribution < 1.29 is 5.11 Å². The summed E-state index contributed by atoms with van der Waals surface area (Å²) in [6.07, 6.45) is -0.0972. The Morgan fingerprint density at radius 1 is 1.17 bits per heavy atom. The van der Waals surface area contributed by atoms with E-state index in [1.165, 1.54) is 0 Å². The SMILES string of the molecule is Nc1ccc(C(O)Cc2ccc(Br)cc2Cl)cc1. The van der Waals surface area contributed by atoms with E-state index in [0.717, 1.165) is 15.6 Å². The molecule has 4 heteroatoms. The molecule has 0 aliphatic carbocycles. The van der Waals surface area contributed by atoms with Crippen LogP contribution in [0.2, 0.25) is 5.02 Å². The number of nitrogens with two attached hydrogens (primary N) is 1. The number of hydrogen-bond acceptors (Lipinski definition) is 2. The summed E-state index contributed by atoms with van der Waals surface area (Å²) >= 11 is 9.48. The number of aliphatic hydroxyl groups is 1. The molecule has 0 aromatic heterocycles. The van der Waals surface area contributed by atoms with Gasteiger partial charge in [-0.2, -0.15) is 0 Å². The van der Waals surface area contributed by atoms with E-state index < -0.39 is 6.10 Å². The predicted molar refractivity (Wildman–Crippen MR) is 78.7 cm³/mol. The number of halogens is 2. The van der Waals surface area contributed by atoms with Crippen molar-refractivity contribution in [2.24, 2.45) is 0 Å². The molecule has 0 bridgehead atoms. The molecule has 0 amide bonds. The summed E-state index contributed by atoms with van der Waals surface area (Å²) in [5.41, 5.74) is 8.06. The summed E-state index contributed by atoms with van der Waals surface area (Å²) in [4.78, 5) is 0. The first-order chi connectivity index (χ1) is 8.56. The van der Waals surface area contributed by atoms with Crippen molar-refractivity contribution in [2.75, 3.05) is 5.73 Å². The Morgan fingerprint density at radius 3 is 2.44 bits per heavy atom. The molecular formula is C14H13BrClNO. The molecule has 1 unspecified atom stereocenters. The maximum absolute atomic E-state index is 10.1. The quantitative estimate of drug-likeness (QED) is 0.839. The molecule has 0 aliphatic rings. The van der Waals surface area contributed by atoms with Gasteiger partial charge in [0, 0.05) is 21.6 Å². The molecule has 18 heavy (non-hydrogen) atoms. The van der Waals surface area contributed by atoms with Crippen LogP contribution in [-0.4, -0.2) is 5.11 Å². The van der Waals surface area contributed by atoms with E-state index in [-0.39, 0.29) is 0 Å². The van der Waals surface area contributed by atoms with Gasteiger partial charge in [-0.1, -0.05) is 45.7 Å². The van der Waals surface area contributed by atoms with Crippen LogP contribution in [0.5, 0.6) is 0 Å². The van der Waals surface area contributed by atoms with Crippen LogP contribution in [0.25, 0.3) is 0 Å². The summed E-state index contributed by atoms with van der Waals surface area (Å²) in [7, 11) is 0. The second kappa shape index (κ2) is 5.74. The van der Waals surface area contributed by atoms with E-state index in [4.69, 9.17) is 17.3 Å². The third-order valence-electron chi connectivity index (χ3n) is 2.75. The Bertz CT molecular complexity index is 542. The van der Waals surface area contributed by atoms with Crippen LogP contribution in [0, 0.1) is 0 Å². The zero-order chi connectivity index (χ0) is 13.1. The third-order valence-corrected chi connectivity index (χ3v) is 3.59. The van der Waals surface area contributed by atoms with Crippen molar-refractivity contribution in [1.82, 2.24) is 0 Å². The molecule has 1 atom stereocenters. The molecule has 94 valence electrons. The van der Waals surface area contributed by atoms with Crippen LogP contribution >= 0.6 is 27.5 Å². The summed E-state index contributed by atoms with van der Waals surface area (Å²) in [6.45, 7) is 0. The number of hydrogen-bond donors (Lipinski definition) is 2. The zero-order valence-corrected chi connectivity index (χ0v) is 11.9. The molecule has 2 nitrogen and oxygen atoms in total. The monoisotopic (exact) mass is 325 g/mol. The minimum atomic E-state index is -0.579. The summed E-state index contributed by atoms with van der Waals surface area (Å²) in [5, 5.41) is 10.8. The molecular weight excluding hydrogens is 314 g/mol. The van der Waals surface area contributed by atoms with Gasteiger partial charge in [0.05, 0.1) is 6.10 Å². The maximum atomic E-state index is 10.1. The average molecular weight is 327 g/mol. The molecule has 2 aromatic carbocycles. The van der Waals surface area contributed by atoms with E-state index in [0.29, 0.717) is 17.1 Å². The van der Waals surface area contributed by atoms with Crippen LogP contribution in [0.15, 0.2) is 46.9 Å². The average Bonchev–Trinajstić information content (AvgIpc) is 2.33. The molecule has 0 saturated carbocycles. The fourth-order valence-corrected chi connectivity index (χ4v) is 2.48. The molecule has 2 rings (SSSR count). The molecule has 3 N–H and O–H groups in total. The second-order valence-electron chi connectivity index (χ2n) is 4.12. The van der Waals surface area contributed by atoms with Gasteiger partial charge in [0.15, 0.2) is 0 Å². The van der Waals surface area contributed by atoms with Gasteiger partial charge in [0.2, 0.25) is 0 Å². The van der Waals surface area contributed by atoms with Crippen molar-refractivity contribution in [3.8, 4) is 0 Å². The Morgan fingerprint density at radius 2 is 1.83 bits per heavy atom. The molecule has 0 saturated heterocycles. The van der Waals surface area contributed by atoms with Crippen LogP contribution in [-0.2, 0) is 6.42 Å². The fourth-order valence-electron chi connectivity index (χ4n) is 1.73. The Hall–Kier alpha value is -1.03. The Kier molecular flexibility index (Phi) is 4.27. The first kappa shape index (κ1) is 13.4. The number of benzene rings is 2. The summed E-state index contributed by atoms with van der Waals surface area (Å²) < 4.78 is 0.929. The van der Waals surface area contributed by atoms with Crippen molar-refractivity contribution in [3.05, 3.63) is 63.1 Å². The standard InChI is InChI=1S/C14H13BrClNO/c15-11-4-1-10(13(16)8-11)7-14(18)9-2-5-12(17)6-3-9/h1-6,8,14,18H,7,17H2. The van der Waals surface area contributed by atoms with E-state index in [9.17, 15) is 5.11 Å². The topological polar surface area (TPSA) is 46.2 Å². The lowest BCUT2D eigenvalue weighted by atomic mass is 10.0. The molecule has 0 radical (unpaired) electrons. The Balaban J connectivity index is 2.15. The zero-order valence-electron chi connectivity index (χ0n) is 9.61. The van der Waals surface area contributed by atoms with Gasteiger partial charge in [0.25, 0.3) is 0 Å². The van der Waals surface area contributed by atoms with Crippen molar-refractivity contribution >= 4 is 33.2 Å². The van der Waals surface area contributed by atoms with Gasteiger partial charge in [-0.25, -0.2) is 0 Å². The van der Waals surface area contributed by atoms with Gasteiger partial charge in [-0.15, -0.1) is 0 Å². The van der Waals surface area contributed by atoms with Crippen LogP contribution in [0.1, 0.15) is 17.2 Å². The molecule has 2 aromatic rings. The second-order valence-corrected chi connectivity index (χ2v) is 5.45. The number of aliphatic hydroxyl groups excluding tert-OH is 1. The van der Waals surface area contributed by atoms with E-state index in [1.807, 2.05) is 30.3 Å². The van der Waals surface area contributed by atoms with E-state index >= 15 is 0 Å². The smallest absolute Gasteiger partial charge is 0.0830 e. The highest BCUT2D eigenvalue weighted by Gasteiger charge is 2.11. The van der Waals surface area contributed by atoms with Gasteiger partial charge in [-0.05, 0) is 35.4 Å². The normalized spacial score (nSPS) is 12.4. The van der Waals surface area contributed by atoms with Crippen LogP contribution in [0.3, 0.4) is 0 Å². The van der Waals surface area contributed by atoms with Crippen molar-refractivity contribution in [2.45, 2.75) is 12.5 Å². The highest BCUT2D eigenvalue weighted by atomic mass is 79.9. The molecule has 0 fully saturated rings. The highest BCUT2D eigenvalue weighted by Crippen LogP contribution is 2.26. The van der Waals surface area contributed by atoms with Gasteiger partial charge >= 0.3 is 0 Å². The molecule has 0 spiro atoms. The predicted octanol–water partition coefficient (Wildman–Crippen LogP) is 3.96. The minimum absolute atomic E-state index is 0.482. The first-order valence-corrected chi connectivity index (χ1v) is 6.71. The lowest BCUT2D eigenvalue weighted by Crippen LogP contribution is -2.02. The highest BCUT2D eigenvalue weighted by molar-refractivity contribution is 9.10. The number of nitrogen functional groups attached to an aromatic ring is 1. The van der Waals surface area contributed by atoms with Gasteiger partial charge in [-0.3, -0.25) is 0 Å². The first-order valence-electron chi connectivity index (χ1n) is 5.53. The van der Waals surface area contributed by atoms with Crippen molar-refractivity contribution in [3.63, 3.8) is 0 Å². The fraction of sp³-hybridized carbons (Fsp3) is 0.143. The lowest BCUT2D eigenvalue weighted by molar-refractivity contribution is 0.178.